The minimum Gasteiger partial charge on any atom is -0.341 e. The van der Waals surface area contributed by atoms with Crippen LogP contribution in [0.25, 0.3) is 5.69 Å². The summed E-state index contributed by atoms with van der Waals surface area (Å²) in [7, 11) is 1.89. The van der Waals surface area contributed by atoms with Crippen molar-refractivity contribution in [2.24, 2.45) is 5.92 Å². The largest absolute Gasteiger partial charge is 0.341 e. The van der Waals surface area contributed by atoms with Crippen LogP contribution in [0.15, 0.2) is 42.7 Å². The molecule has 0 aliphatic heterocycles. The molecule has 0 spiro atoms. The van der Waals surface area contributed by atoms with Crippen LogP contribution >= 0.6 is 0 Å². The molecule has 1 aromatic carbocycles. The Morgan fingerprint density at radius 2 is 2.00 bits per heavy atom. The molecule has 1 amide bonds. The van der Waals surface area contributed by atoms with Crippen molar-refractivity contribution in [1.82, 2.24) is 14.7 Å². The highest BCUT2D eigenvalue weighted by Crippen LogP contribution is 2.28. The van der Waals surface area contributed by atoms with Crippen molar-refractivity contribution < 1.29 is 4.79 Å². The summed E-state index contributed by atoms with van der Waals surface area (Å²) in [5.41, 5.74) is 2.10. The normalized spacial score (nSPS) is 15.1. The van der Waals surface area contributed by atoms with Gasteiger partial charge < -0.3 is 4.90 Å². The molecule has 116 valence electrons. The molecule has 22 heavy (non-hydrogen) atoms. The lowest BCUT2D eigenvalue weighted by atomic mass is 10.0. The van der Waals surface area contributed by atoms with Gasteiger partial charge in [0, 0.05) is 31.8 Å². The molecule has 1 fully saturated rings. The molecule has 1 saturated carbocycles. The van der Waals surface area contributed by atoms with Gasteiger partial charge in [-0.1, -0.05) is 31.0 Å². The van der Waals surface area contributed by atoms with E-state index in [9.17, 15) is 4.79 Å². The Morgan fingerprint density at radius 3 is 2.73 bits per heavy atom. The molecule has 0 N–H and O–H groups in total. The summed E-state index contributed by atoms with van der Waals surface area (Å²) in [6.07, 6.45) is 9.53. The van der Waals surface area contributed by atoms with E-state index in [-0.39, 0.29) is 5.91 Å². The van der Waals surface area contributed by atoms with E-state index in [4.69, 9.17) is 0 Å². The number of carbonyl (C=O) groups is 1. The van der Waals surface area contributed by atoms with Crippen molar-refractivity contribution in [3.63, 3.8) is 0 Å². The zero-order valence-electron chi connectivity index (χ0n) is 13.1. The summed E-state index contributed by atoms with van der Waals surface area (Å²) < 4.78 is 1.85. The maximum atomic E-state index is 12.3. The molecular formula is C18H23N3O. The number of nitrogens with zero attached hydrogens (tertiary/aromatic N) is 3. The molecule has 2 aromatic rings. The van der Waals surface area contributed by atoms with Crippen molar-refractivity contribution in [2.45, 2.75) is 38.6 Å². The van der Waals surface area contributed by atoms with E-state index in [0.29, 0.717) is 18.9 Å². The van der Waals surface area contributed by atoms with Gasteiger partial charge in [0.1, 0.15) is 0 Å². The second kappa shape index (κ2) is 6.77. The van der Waals surface area contributed by atoms with E-state index in [1.54, 1.807) is 0 Å². The first kappa shape index (κ1) is 14.8. The Balaban J connectivity index is 1.58. The van der Waals surface area contributed by atoms with Crippen LogP contribution in [0.5, 0.6) is 0 Å². The van der Waals surface area contributed by atoms with E-state index in [0.717, 1.165) is 11.3 Å². The fraction of sp³-hybridized carbons (Fsp3) is 0.444. The molecule has 4 nitrogen and oxygen atoms in total. The van der Waals surface area contributed by atoms with Gasteiger partial charge in [0.15, 0.2) is 0 Å². The Morgan fingerprint density at radius 1 is 1.27 bits per heavy atom. The van der Waals surface area contributed by atoms with Crippen LogP contribution in [0, 0.1) is 5.92 Å². The first-order valence-corrected chi connectivity index (χ1v) is 8.05. The number of hydrogen-bond acceptors (Lipinski definition) is 2. The molecular weight excluding hydrogens is 274 g/mol. The third-order valence-electron chi connectivity index (χ3n) is 4.44. The van der Waals surface area contributed by atoms with Crippen LogP contribution in [0.3, 0.4) is 0 Å². The molecule has 0 radical (unpaired) electrons. The van der Waals surface area contributed by atoms with Gasteiger partial charge in [-0.25, -0.2) is 4.68 Å². The summed E-state index contributed by atoms with van der Waals surface area (Å²) >= 11 is 0. The van der Waals surface area contributed by atoms with E-state index in [1.165, 1.54) is 25.7 Å². The fourth-order valence-corrected chi connectivity index (χ4v) is 3.14. The number of para-hydroxylation sites is 1. The van der Waals surface area contributed by atoms with Gasteiger partial charge in [-0.2, -0.15) is 5.10 Å². The lowest BCUT2D eigenvalue weighted by Crippen LogP contribution is -2.27. The molecule has 0 saturated heterocycles. The summed E-state index contributed by atoms with van der Waals surface area (Å²) in [6, 6.07) is 10.0. The van der Waals surface area contributed by atoms with Gasteiger partial charge in [-0.3, -0.25) is 4.79 Å². The predicted octanol–water partition coefficient (Wildman–Crippen LogP) is 3.41. The zero-order valence-corrected chi connectivity index (χ0v) is 13.1. The number of amides is 1. The highest BCUT2D eigenvalue weighted by Gasteiger charge is 2.20. The number of carbonyl (C=O) groups excluding carboxylic acids is 1. The maximum Gasteiger partial charge on any atom is 0.222 e. The van der Waals surface area contributed by atoms with Crippen molar-refractivity contribution in [1.29, 1.82) is 0 Å². The fourth-order valence-electron chi connectivity index (χ4n) is 3.14. The minimum atomic E-state index is 0.249. The van der Waals surface area contributed by atoms with Gasteiger partial charge in [0.05, 0.1) is 11.9 Å². The molecule has 0 unspecified atom stereocenters. The summed E-state index contributed by atoms with van der Waals surface area (Å²) in [5, 5.41) is 4.38. The second-order valence-electron chi connectivity index (χ2n) is 6.23. The lowest BCUT2D eigenvalue weighted by molar-refractivity contribution is -0.131. The third-order valence-corrected chi connectivity index (χ3v) is 4.44. The van der Waals surface area contributed by atoms with Crippen molar-refractivity contribution >= 4 is 5.91 Å². The molecule has 4 heteroatoms. The third kappa shape index (κ3) is 3.56. The summed E-state index contributed by atoms with van der Waals surface area (Å²) in [6.45, 7) is 0.623. The molecule has 1 aromatic heterocycles. The average molecular weight is 297 g/mol. The SMILES string of the molecule is CN(Cc1cnn(-c2ccccc2)c1)C(=O)CC1CCCC1. The molecule has 1 aliphatic carbocycles. The first-order chi connectivity index (χ1) is 10.7. The molecule has 0 atom stereocenters. The Labute approximate surface area is 131 Å². The second-order valence-corrected chi connectivity index (χ2v) is 6.23. The summed E-state index contributed by atoms with van der Waals surface area (Å²) in [5.74, 6) is 0.848. The number of hydrogen-bond donors (Lipinski definition) is 0. The highest BCUT2D eigenvalue weighted by atomic mass is 16.2. The van der Waals surface area contributed by atoms with E-state index >= 15 is 0 Å². The van der Waals surface area contributed by atoms with E-state index in [2.05, 4.69) is 5.10 Å². The first-order valence-electron chi connectivity index (χ1n) is 8.05. The quantitative estimate of drug-likeness (QED) is 0.848. The molecule has 1 heterocycles. The van der Waals surface area contributed by atoms with Gasteiger partial charge >= 0.3 is 0 Å². The number of benzene rings is 1. The zero-order chi connectivity index (χ0) is 15.4. The molecule has 0 bridgehead atoms. The predicted molar refractivity (Wildman–Crippen MR) is 86.6 cm³/mol. The van der Waals surface area contributed by atoms with Crippen LogP contribution in [0.2, 0.25) is 0 Å². The molecule has 3 rings (SSSR count). The highest BCUT2D eigenvalue weighted by molar-refractivity contribution is 5.76. The lowest BCUT2D eigenvalue weighted by Gasteiger charge is -2.18. The Kier molecular flexibility index (Phi) is 4.56. The van der Waals surface area contributed by atoms with Crippen LogP contribution in [-0.2, 0) is 11.3 Å². The topological polar surface area (TPSA) is 38.1 Å². The Hall–Kier alpha value is -2.10. The summed E-state index contributed by atoms with van der Waals surface area (Å²) in [4.78, 5) is 14.1. The van der Waals surface area contributed by atoms with Crippen molar-refractivity contribution in [3.05, 3.63) is 48.3 Å². The Bertz CT molecular complexity index is 614. The van der Waals surface area contributed by atoms with Crippen molar-refractivity contribution in [3.8, 4) is 5.69 Å². The van der Waals surface area contributed by atoms with Gasteiger partial charge in [-0.15, -0.1) is 0 Å². The monoisotopic (exact) mass is 297 g/mol. The standard InChI is InChI=1S/C18H23N3O/c1-20(18(22)11-15-7-5-6-8-15)13-16-12-19-21(14-16)17-9-3-2-4-10-17/h2-4,9-10,12,14-15H,5-8,11,13H2,1H3. The number of rotatable bonds is 5. The van der Waals surface area contributed by atoms with E-state index < -0.39 is 0 Å². The van der Waals surface area contributed by atoms with Crippen LogP contribution < -0.4 is 0 Å². The minimum absolute atomic E-state index is 0.249. The smallest absolute Gasteiger partial charge is 0.222 e. The van der Waals surface area contributed by atoms with Crippen molar-refractivity contribution in [2.75, 3.05) is 7.05 Å². The van der Waals surface area contributed by atoms with Gasteiger partial charge in [0.25, 0.3) is 0 Å². The maximum absolute atomic E-state index is 12.3. The van der Waals surface area contributed by atoms with E-state index in [1.807, 2.05) is 59.4 Å². The van der Waals surface area contributed by atoms with Gasteiger partial charge in [0.2, 0.25) is 5.91 Å². The van der Waals surface area contributed by atoms with Gasteiger partial charge in [-0.05, 0) is 30.9 Å². The number of aromatic nitrogens is 2. The average Bonchev–Trinajstić information content (AvgIpc) is 3.20. The van der Waals surface area contributed by atoms with Crippen LogP contribution in [-0.4, -0.2) is 27.6 Å². The molecule has 1 aliphatic rings. The van der Waals surface area contributed by atoms with Crippen LogP contribution in [0.4, 0.5) is 0 Å². The van der Waals surface area contributed by atoms with Crippen LogP contribution in [0.1, 0.15) is 37.7 Å².